The minimum atomic E-state index is -3.77. The van der Waals surface area contributed by atoms with E-state index in [-0.39, 0.29) is 36.7 Å². The third-order valence-electron chi connectivity index (χ3n) is 3.14. The van der Waals surface area contributed by atoms with E-state index in [1.54, 1.807) is 13.8 Å². The fraction of sp³-hybridized carbons (Fsp3) is 0.750. The van der Waals surface area contributed by atoms with Crippen molar-refractivity contribution < 1.29 is 17.9 Å². The molecule has 7 nitrogen and oxygen atoms in total. The first-order chi connectivity index (χ1) is 9.89. The molecular formula is C12H22ClN3O4S. The quantitative estimate of drug-likeness (QED) is 0.682. The van der Waals surface area contributed by atoms with Gasteiger partial charge in [0.15, 0.2) is 5.03 Å². The predicted octanol–water partition coefficient (Wildman–Crippen LogP) is 1.13. The van der Waals surface area contributed by atoms with Crippen molar-refractivity contribution >= 4 is 21.6 Å². The Hall–Kier alpha value is -0.670. The number of nitrogens with zero attached hydrogens (tertiary/aromatic N) is 2. The summed E-state index contributed by atoms with van der Waals surface area (Å²) in [6, 6.07) is -0.338. The van der Waals surface area contributed by atoms with Crippen LogP contribution in [0.4, 0.5) is 0 Å². The summed E-state index contributed by atoms with van der Waals surface area (Å²) in [6.07, 6.45) is 0. The zero-order valence-electron chi connectivity index (χ0n) is 12.7. The molecule has 0 radical (unpaired) electrons. The molecule has 0 fully saturated rings. The molecule has 0 saturated heterocycles. The number of methoxy groups -OCH3 is 2. The summed E-state index contributed by atoms with van der Waals surface area (Å²) in [7, 11) is -0.719. The summed E-state index contributed by atoms with van der Waals surface area (Å²) < 4.78 is 37.0. The molecule has 9 heteroatoms. The molecule has 1 unspecified atom stereocenters. The first-order valence-corrected chi connectivity index (χ1v) is 8.47. The Bertz CT molecular complexity index is 547. The number of aromatic amines is 1. The van der Waals surface area contributed by atoms with Gasteiger partial charge in [-0.05, 0) is 13.8 Å². The van der Waals surface area contributed by atoms with Crippen molar-refractivity contribution in [2.75, 3.05) is 34.0 Å². The number of sulfonamides is 1. The van der Waals surface area contributed by atoms with Crippen LogP contribution >= 0.6 is 11.6 Å². The molecule has 1 N–H and O–H groups in total. The molecule has 1 heterocycles. The Morgan fingerprint density at radius 1 is 1.38 bits per heavy atom. The largest absolute Gasteiger partial charge is 0.383 e. The van der Waals surface area contributed by atoms with E-state index >= 15 is 0 Å². The third-order valence-corrected chi connectivity index (χ3v) is 5.39. The zero-order valence-corrected chi connectivity index (χ0v) is 14.3. The summed E-state index contributed by atoms with van der Waals surface area (Å²) in [4.78, 5) is 0. The lowest BCUT2D eigenvalue weighted by atomic mass is 10.3. The molecular weight excluding hydrogens is 318 g/mol. The summed E-state index contributed by atoms with van der Waals surface area (Å²) in [5.41, 5.74) is 1.14. The number of ether oxygens (including phenoxy) is 2. The van der Waals surface area contributed by atoms with Crippen molar-refractivity contribution in [1.29, 1.82) is 0 Å². The predicted molar refractivity (Wildman–Crippen MR) is 80.0 cm³/mol. The average Bonchev–Trinajstić information content (AvgIpc) is 2.81. The number of halogens is 1. The molecule has 0 aromatic carbocycles. The Balaban J connectivity index is 3.19. The number of aromatic nitrogens is 2. The number of nitrogens with one attached hydrogen (secondary N) is 1. The van der Waals surface area contributed by atoms with Crippen LogP contribution in [0.5, 0.6) is 0 Å². The van der Waals surface area contributed by atoms with E-state index in [9.17, 15) is 8.42 Å². The second kappa shape index (κ2) is 8.09. The number of alkyl halides is 1. The van der Waals surface area contributed by atoms with Crippen LogP contribution in [0.1, 0.15) is 18.2 Å². The van der Waals surface area contributed by atoms with Gasteiger partial charge in [-0.3, -0.25) is 5.10 Å². The SMILES string of the molecule is COCCN(C(C)COC)S(=O)(=O)c1n[nH]c(C)c1CCl. The first-order valence-electron chi connectivity index (χ1n) is 6.49. The van der Waals surface area contributed by atoms with E-state index < -0.39 is 10.0 Å². The van der Waals surface area contributed by atoms with Crippen LogP contribution in [-0.4, -0.2) is 62.9 Å². The molecule has 1 aromatic rings. The van der Waals surface area contributed by atoms with Gasteiger partial charge in [-0.25, -0.2) is 8.42 Å². The lowest BCUT2D eigenvalue weighted by molar-refractivity contribution is 0.119. The second-order valence-corrected chi connectivity index (χ2v) is 6.75. The van der Waals surface area contributed by atoms with E-state index in [1.807, 2.05) is 0 Å². The van der Waals surface area contributed by atoms with Gasteiger partial charge in [0.1, 0.15) is 0 Å². The monoisotopic (exact) mass is 339 g/mol. The molecule has 0 bridgehead atoms. The number of hydrogen-bond donors (Lipinski definition) is 1. The van der Waals surface area contributed by atoms with E-state index in [1.165, 1.54) is 18.5 Å². The van der Waals surface area contributed by atoms with Gasteiger partial charge in [-0.2, -0.15) is 9.40 Å². The minimum absolute atomic E-state index is 0.0333. The molecule has 0 aliphatic carbocycles. The molecule has 122 valence electrons. The Kier molecular flexibility index (Phi) is 7.08. The average molecular weight is 340 g/mol. The Morgan fingerprint density at radius 2 is 2.05 bits per heavy atom. The van der Waals surface area contributed by atoms with Crippen molar-refractivity contribution in [1.82, 2.24) is 14.5 Å². The standard InChI is InChI=1S/C12H22ClN3O4S/c1-9(8-20-4)16(5-6-19-3)21(17,18)12-11(7-13)10(2)14-15-12/h9H,5-8H2,1-4H3,(H,14,15). The van der Waals surface area contributed by atoms with Crippen LogP contribution in [0.2, 0.25) is 0 Å². The maximum absolute atomic E-state index is 12.8. The molecule has 0 spiro atoms. The van der Waals surface area contributed by atoms with Crippen LogP contribution < -0.4 is 0 Å². The number of rotatable bonds is 9. The van der Waals surface area contributed by atoms with Crippen molar-refractivity contribution in [3.63, 3.8) is 0 Å². The maximum atomic E-state index is 12.8. The molecule has 0 amide bonds. The minimum Gasteiger partial charge on any atom is -0.383 e. The smallest absolute Gasteiger partial charge is 0.263 e. The van der Waals surface area contributed by atoms with Gasteiger partial charge in [0, 0.05) is 38.1 Å². The van der Waals surface area contributed by atoms with E-state index in [4.69, 9.17) is 21.1 Å². The van der Waals surface area contributed by atoms with Crippen LogP contribution in [0.15, 0.2) is 5.03 Å². The molecule has 1 aromatic heterocycles. The fourth-order valence-corrected chi connectivity index (χ4v) is 4.17. The molecule has 21 heavy (non-hydrogen) atoms. The highest BCUT2D eigenvalue weighted by Crippen LogP contribution is 2.23. The summed E-state index contributed by atoms with van der Waals surface area (Å²) in [6.45, 7) is 4.30. The van der Waals surface area contributed by atoms with Gasteiger partial charge in [0.25, 0.3) is 10.0 Å². The van der Waals surface area contributed by atoms with Crippen molar-refractivity contribution in [2.24, 2.45) is 0 Å². The van der Waals surface area contributed by atoms with Gasteiger partial charge in [0.2, 0.25) is 0 Å². The van der Waals surface area contributed by atoms with Crippen LogP contribution in [-0.2, 0) is 25.4 Å². The number of hydrogen-bond acceptors (Lipinski definition) is 5. The highest BCUT2D eigenvalue weighted by molar-refractivity contribution is 7.89. The number of aryl methyl sites for hydroxylation is 1. The fourth-order valence-electron chi connectivity index (χ4n) is 1.99. The molecule has 0 aliphatic rings. The van der Waals surface area contributed by atoms with Crippen molar-refractivity contribution in [2.45, 2.75) is 30.8 Å². The Labute approximate surface area is 130 Å². The molecule has 1 rings (SSSR count). The summed E-state index contributed by atoms with van der Waals surface area (Å²) in [5.74, 6) is 0.0771. The number of H-pyrrole nitrogens is 1. The van der Waals surface area contributed by atoms with E-state index in [0.717, 1.165) is 0 Å². The van der Waals surface area contributed by atoms with Crippen molar-refractivity contribution in [3.8, 4) is 0 Å². The lowest BCUT2D eigenvalue weighted by Crippen LogP contribution is -2.43. The molecule has 0 aliphatic heterocycles. The summed E-state index contributed by atoms with van der Waals surface area (Å²) in [5, 5.41) is 6.55. The highest BCUT2D eigenvalue weighted by atomic mass is 35.5. The molecule has 1 atom stereocenters. The lowest BCUT2D eigenvalue weighted by Gasteiger charge is -2.27. The van der Waals surface area contributed by atoms with Gasteiger partial charge >= 0.3 is 0 Å². The Morgan fingerprint density at radius 3 is 2.57 bits per heavy atom. The maximum Gasteiger partial charge on any atom is 0.263 e. The summed E-state index contributed by atoms with van der Waals surface area (Å²) >= 11 is 5.84. The highest BCUT2D eigenvalue weighted by Gasteiger charge is 2.33. The third kappa shape index (κ3) is 4.17. The topological polar surface area (TPSA) is 84.5 Å². The van der Waals surface area contributed by atoms with Crippen LogP contribution in [0.3, 0.4) is 0 Å². The van der Waals surface area contributed by atoms with Gasteiger partial charge in [-0.1, -0.05) is 0 Å². The molecule has 0 saturated carbocycles. The second-order valence-electron chi connectivity index (χ2n) is 4.68. The van der Waals surface area contributed by atoms with E-state index in [2.05, 4.69) is 10.2 Å². The van der Waals surface area contributed by atoms with Crippen molar-refractivity contribution in [3.05, 3.63) is 11.3 Å². The van der Waals surface area contributed by atoms with E-state index in [0.29, 0.717) is 11.3 Å². The van der Waals surface area contributed by atoms with Gasteiger partial charge in [-0.15, -0.1) is 11.6 Å². The first kappa shape index (κ1) is 18.4. The van der Waals surface area contributed by atoms with Crippen LogP contribution in [0, 0.1) is 6.92 Å². The van der Waals surface area contributed by atoms with Crippen LogP contribution in [0.25, 0.3) is 0 Å². The normalized spacial score (nSPS) is 13.8. The zero-order chi connectivity index (χ0) is 16.0. The van der Waals surface area contributed by atoms with Gasteiger partial charge in [0.05, 0.1) is 19.1 Å². The van der Waals surface area contributed by atoms with Gasteiger partial charge < -0.3 is 9.47 Å².